The van der Waals surface area contributed by atoms with Crippen LogP contribution in [0, 0.1) is 0 Å². The largest absolute Gasteiger partial charge is 0.466 e. The third-order valence-corrected chi connectivity index (χ3v) is 24.8. The van der Waals surface area contributed by atoms with E-state index in [1.807, 2.05) is 0 Å². The Labute approximate surface area is 729 Å². The molecule has 0 aromatic heterocycles. The number of carbonyl (C=O) groups excluding carboxylic acids is 3. The van der Waals surface area contributed by atoms with E-state index in [1.54, 1.807) is 0 Å². The zero-order valence-corrected chi connectivity index (χ0v) is 79.5. The summed E-state index contributed by atoms with van der Waals surface area (Å²) in [6.07, 6.45) is 100. The van der Waals surface area contributed by atoms with Gasteiger partial charge in [0.1, 0.15) is 18.3 Å². The fourth-order valence-electron chi connectivity index (χ4n) is 16.5. The van der Waals surface area contributed by atoms with Crippen molar-refractivity contribution in [3.05, 3.63) is 0 Å². The highest BCUT2D eigenvalue weighted by Gasteiger charge is 2.30. The van der Waals surface area contributed by atoms with Crippen LogP contribution in [-0.2, 0) is 19.1 Å². The van der Waals surface area contributed by atoms with E-state index in [9.17, 15) is 50.1 Å². The number of rotatable bonds is 95. The molecule has 0 bridgehead atoms. The lowest BCUT2D eigenvalue weighted by molar-refractivity contribution is -0.144. The molecular formula is C104H210N2O11. The Bertz CT molecular complexity index is 1840. The zero-order chi connectivity index (χ0) is 86.1. The first-order valence-electron chi connectivity index (χ1n) is 52.7. The van der Waals surface area contributed by atoms with Crippen molar-refractivity contribution in [2.45, 2.75) is 630 Å². The lowest BCUT2D eigenvalue weighted by Gasteiger charge is -2.27. The maximum atomic E-state index is 12.4. The Morgan fingerprint density at radius 2 is 0.419 bits per heavy atom. The fraction of sp³-hybridized carbons (Fsp3) is 0.971. The molecule has 0 aliphatic heterocycles. The maximum absolute atomic E-state index is 12.4. The lowest BCUT2D eigenvalue weighted by atomic mass is 9.99. The van der Waals surface area contributed by atoms with Gasteiger partial charge >= 0.3 is 5.97 Å². The van der Waals surface area contributed by atoms with Crippen molar-refractivity contribution in [3.8, 4) is 0 Å². The molecule has 0 aromatic rings. The molecule has 0 spiro atoms. The summed E-state index contributed by atoms with van der Waals surface area (Å²) < 4.78 is 5.43. The van der Waals surface area contributed by atoms with Gasteiger partial charge in [0, 0.05) is 12.8 Å². The predicted octanol–water partition coefficient (Wildman–Crippen LogP) is 29.5. The molecule has 0 rings (SSSR count). The summed E-state index contributed by atoms with van der Waals surface area (Å²) >= 11 is 0. The summed E-state index contributed by atoms with van der Waals surface area (Å²) in [5, 5.41) is 76.6. The highest BCUT2D eigenvalue weighted by atomic mass is 16.5. The Kier molecular flexibility index (Phi) is 105. The lowest BCUT2D eigenvalue weighted by Crippen LogP contribution is -2.53. The van der Waals surface area contributed by atoms with Gasteiger partial charge in [0.05, 0.1) is 44.1 Å². The molecule has 0 saturated heterocycles. The van der Waals surface area contributed by atoms with E-state index >= 15 is 0 Å². The quantitative estimate of drug-likeness (QED) is 0.0206. The topological polar surface area (TPSA) is 226 Å². The summed E-state index contributed by atoms with van der Waals surface area (Å²) in [7, 11) is 0. The van der Waals surface area contributed by atoms with Gasteiger partial charge in [-0.3, -0.25) is 14.4 Å². The molecule has 702 valence electrons. The first-order valence-corrected chi connectivity index (χ1v) is 52.7. The van der Waals surface area contributed by atoms with E-state index in [-0.39, 0.29) is 18.5 Å². The molecule has 2 amide bonds. The van der Waals surface area contributed by atoms with Crippen LogP contribution in [0.5, 0.6) is 0 Å². The van der Waals surface area contributed by atoms with Crippen molar-refractivity contribution >= 4 is 17.8 Å². The third-order valence-electron chi connectivity index (χ3n) is 24.8. The zero-order valence-electron chi connectivity index (χ0n) is 79.5. The monoisotopic (exact) mass is 1660 g/mol. The fourth-order valence-corrected chi connectivity index (χ4v) is 16.5. The second-order valence-electron chi connectivity index (χ2n) is 36.5. The minimum Gasteiger partial charge on any atom is -0.466 e. The van der Waals surface area contributed by atoms with Crippen molar-refractivity contribution in [1.82, 2.24) is 10.6 Å². The van der Waals surface area contributed by atoms with Crippen LogP contribution in [0.4, 0.5) is 0 Å². The number of aliphatic hydroxyl groups is 7. The second-order valence-corrected chi connectivity index (χ2v) is 36.5. The molecular weight excluding hydrogens is 1450 g/mol. The van der Waals surface area contributed by atoms with Crippen LogP contribution in [0.1, 0.15) is 587 Å². The van der Waals surface area contributed by atoms with Gasteiger partial charge in [-0.2, -0.15) is 0 Å². The smallest absolute Gasteiger partial charge is 0.305 e. The van der Waals surface area contributed by atoms with Crippen LogP contribution >= 0.6 is 0 Å². The summed E-state index contributed by atoms with van der Waals surface area (Å²) in [4.78, 5) is 36.6. The Morgan fingerprint density at radius 3 is 0.650 bits per heavy atom. The minimum absolute atomic E-state index is 0.0272. The molecule has 13 heteroatoms. The molecule has 4 unspecified atom stereocenters. The first-order chi connectivity index (χ1) is 57.3. The third kappa shape index (κ3) is 94.6. The molecule has 7 atom stereocenters. The molecule has 0 fully saturated rings. The van der Waals surface area contributed by atoms with E-state index < -0.39 is 55.1 Å². The SMILES string of the molecule is CCCCCCCCCCCCCCCC(=O)NC(CO)C(O)C(O)CCCCCCCCCCCCCC.CCCCCCCCCCCCCCCCC(O)C(=O)N[C@@H](CO)[C@H](O)[C@H](O)CCCCCCCCCCCCCC.CCCCCCCCCCCCCCCCCC(=O)OCCCCCCCCCCCCCCCC. The van der Waals surface area contributed by atoms with Gasteiger partial charge in [-0.25, -0.2) is 0 Å². The number of esters is 1. The summed E-state index contributed by atoms with van der Waals surface area (Å²) in [6, 6.07) is -1.78. The summed E-state index contributed by atoms with van der Waals surface area (Å²) in [5.41, 5.74) is 0. The first kappa shape index (κ1) is 119. The highest BCUT2D eigenvalue weighted by Crippen LogP contribution is 2.22. The molecule has 9 N–H and O–H groups in total. The minimum atomic E-state index is -1.25. The molecule has 117 heavy (non-hydrogen) atoms. The van der Waals surface area contributed by atoms with E-state index in [2.05, 4.69) is 52.2 Å². The average Bonchev–Trinajstić information content (AvgIpc) is 0.896. The van der Waals surface area contributed by atoms with Gasteiger partial charge in [0.2, 0.25) is 11.8 Å². The van der Waals surface area contributed by atoms with Crippen molar-refractivity contribution in [2.75, 3.05) is 19.8 Å². The molecule has 0 radical (unpaired) electrons. The highest BCUT2D eigenvalue weighted by molar-refractivity contribution is 5.80. The van der Waals surface area contributed by atoms with Gasteiger partial charge in [-0.15, -0.1) is 0 Å². The van der Waals surface area contributed by atoms with Crippen LogP contribution in [0.15, 0.2) is 0 Å². The standard InChI is InChI=1S/C36H73NO5.C34H69NO4.C34H68O2/c1-3-5-7-9-11-13-15-17-18-20-22-24-26-28-30-34(40)36(42)37-32(31-38)35(41)33(39)29-27-25-23-21-19-16-14-12-10-8-6-4-2;1-3-5-7-9-11-13-15-17-19-21-23-25-27-29-33(38)35-31(30-36)34(39)32(37)28-26-24-22-20-18-16-14-12-10-8-6-4-2;1-3-5-7-9-11-13-15-17-19-20-22-24-26-28-30-32-34(35)36-33-31-29-27-25-23-21-18-16-14-12-10-8-6-4-2/h32-35,38-41H,3-31H2,1-2H3,(H,37,42);31-32,34,36-37,39H,3-30H2,1-2H3,(H,35,38);3-33H2,1-2H3/t32-,33+,34?,35-;;/m0../s1. The molecule has 0 heterocycles. The Morgan fingerprint density at radius 1 is 0.231 bits per heavy atom. The molecule has 0 aliphatic rings. The van der Waals surface area contributed by atoms with Crippen LogP contribution in [0.3, 0.4) is 0 Å². The van der Waals surface area contributed by atoms with Gasteiger partial charge in [-0.05, 0) is 38.5 Å². The van der Waals surface area contributed by atoms with E-state index in [0.717, 1.165) is 89.9 Å². The average molecular weight is 1660 g/mol. The molecule has 0 aliphatic carbocycles. The number of hydrogen-bond acceptors (Lipinski definition) is 11. The number of ether oxygens (including phenoxy) is 1. The number of hydrogen-bond donors (Lipinski definition) is 9. The number of unbranched alkanes of at least 4 members (excludes halogenated alkanes) is 74. The van der Waals surface area contributed by atoms with Crippen LogP contribution in [-0.4, -0.2) is 116 Å². The molecule has 13 nitrogen and oxygen atoms in total. The van der Waals surface area contributed by atoms with E-state index in [4.69, 9.17) is 4.74 Å². The Hall–Kier alpha value is -1.87. The second kappa shape index (κ2) is 103. The summed E-state index contributed by atoms with van der Waals surface area (Å²) in [5.74, 6) is -0.700. The normalized spacial score (nSPS) is 13.3. The van der Waals surface area contributed by atoms with Crippen LogP contribution in [0.2, 0.25) is 0 Å². The van der Waals surface area contributed by atoms with Gasteiger partial charge in [-0.1, -0.05) is 536 Å². The Balaban J connectivity index is -0.00000167. The van der Waals surface area contributed by atoms with Crippen molar-refractivity contribution in [2.24, 2.45) is 0 Å². The van der Waals surface area contributed by atoms with Gasteiger partial charge in [0.15, 0.2) is 0 Å². The molecule has 0 aromatic carbocycles. The van der Waals surface area contributed by atoms with E-state index in [1.165, 1.54) is 424 Å². The van der Waals surface area contributed by atoms with Gasteiger partial charge in [0.25, 0.3) is 0 Å². The number of carbonyl (C=O) groups is 3. The van der Waals surface area contributed by atoms with E-state index in [0.29, 0.717) is 38.7 Å². The van der Waals surface area contributed by atoms with Crippen molar-refractivity contribution in [3.63, 3.8) is 0 Å². The number of amides is 2. The van der Waals surface area contributed by atoms with Crippen LogP contribution in [0.25, 0.3) is 0 Å². The summed E-state index contributed by atoms with van der Waals surface area (Å²) in [6.45, 7) is 13.4. The number of aliphatic hydroxyl groups excluding tert-OH is 7. The number of nitrogens with one attached hydrogen (secondary N) is 2. The van der Waals surface area contributed by atoms with Crippen molar-refractivity contribution < 1.29 is 54.9 Å². The van der Waals surface area contributed by atoms with Gasteiger partial charge < -0.3 is 51.1 Å². The predicted molar refractivity (Wildman–Crippen MR) is 506 cm³/mol. The molecule has 0 saturated carbocycles. The van der Waals surface area contributed by atoms with Crippen LogP contribution < -0.4 is 10.6 Å². The maximum Gasteiger partial charge on any atom is 0.305 e. The van der Waals surface area contributed by atoms with Crippen molar-refractivity contribution in [1.29, 1.82) is 0 Å².